The van der Waals surface area contributed by atoms with Crippen LogP contribution in [0.4, 0.5) is 5.69 Å². The summed E-state index contributed by atoms with van der Waals surface area (Å²) in [7, 11) is 0. The predicted molar refractivity (Wildman–Crippen MR) is 85.9 cm³/mol. The molecule has 1 aromatic rings. The van der Waals surface area contributed by atoms with Gasteiger partial charge in [0.05, 0.1) is 11.5 Å². The van der Waals surface area contributed by atoms with E-state index in [0.29, 0.717) is 13.2 Å². The van der Waals surface area contributed by atoms with Gasteiger partial charge in [-0.15, -0.1) is 0 Å². The molecule has 0 aliphatic carbocycles. The smallest absolute Gasteiger partial charge is 0.311 e. The summed E-state index contributed by atoms with van der Waals surface area (Å²) in [5.74, 6) is -0.138. The third-order valence-electron chi connectivity index (χ3n) is 3.64. The van der Waals surface area contributed by atoms with Gasteiger partial charge in [-0.3, -0.25) is 19.8 Å². The first-order valence-electron chi connectivity index (χ1n) is 7.74. The number of rotatable bonds is 7. The van der Waals surface area contributed by atoms with Gasteiger partial charge in [-0.25, -0.2) is 0 Å². The highest BCUT2D eigenvalue weighted by atomic mass is 16.6. The maximum absolute atomic E-state index is 12.1. The highest BCUT2D eigenvalue weighted by molar-refractivity contribution is 5.95. The molecule has 1 aliphatic rings. The minimum atomic E-state index is -0.539. The topological polar surface area (TPSA) is 96.7 Å². The first-order valence-corrected chi connectivity index (χ1v) is 7.74. The van der Waals surface area contributed by atoms with Crippen LogP contribution in [0.15, 0.2) is 18.2 Å². The van der Waals surface area contributed by atoms with Crippen molar-refractivity contribution in [1.82, 2.24) is 15.5 Å². The Bertz CT molecular complexity index is 558. The van der Waals surface area contributed by atoms with Gasteiger partial charge in [0.2, 0.25) is 0 Å². The van der Waals surface area contributed by atoms with Crippen molar-refractivity contribution in [2.24, 2.45) is 0 Å². The molecule has 0 atom stereocenters. The van der Waals surface area contributed by atoms with E-state index in [1.54, 1.807) is 6.92 Å². The summed E-state index contributed by atoms with van der Waals surface area (Å²) in [6, 6.07) is 4.26. The summed E-state index contributed by atoms with van der Waals surface area (Å²) in [6.07, 6.45) is 0. The molecular weight excluding hydrogens is 300 g/mol. The molecular formula is C15H22N4O4. The summed E-state index contributed by atoms with van der Waals surface area (Å²) in [5, 5.41) is 17.1. The molecule has 0 saturated carbocycles. The highest BCUT2D eigenvalue weighted by Gasteiger charge is 2.18. The number of nitro groups is 1. The van der Waals surface area contributed by atoms with Gasteiger partial charge < -0.3 is 15.4 Å². The van der Waals surface area contributed by atoms with Gasteiger partial charge in [0.25, 0.3) is 5.91 Å². The van der Waals surface area contributed by atoms with Crippen LogP contribution in [0.3, 0.4) is 0 Å². The van der Waals surface area contributed by atoms with Gasteiger partial charge in [0, 0.05) is 50.9 Å². The molecule has 0 radical (unpaired) electrons. The van der Waals surface area contributed by atoms with E-state index >= 15 is 0 Å². The number of hydrogen-bond acceptors (Lipinski definition) is 6. The number of carbonyl (C=O) groups excluding carboxylic acids is 1. The second-order valence-corrected chi connectivity index (χ2v) is 5.22. The van der Waals surface area contributed by atoms with Gasteiger partial charge in [-0.05, 0) is 19.1 Å². The molecule has 126 valence electrons. The third kappa shape index (κ3) is 4.90. The molecule has 2 rings (SSSR count). The van der Waals surface area contributed by atoms with Crippen molar-refractivity contribution < 1.29 is 14.5 Å². The zero-order valence-electron chi connectivity index (χ0n) is 13.2. The van der Waals surface area contributed by atoms with Gasteiger partial charge in [0.15, 0.2) is 5.75 Å². The number of carbonyl (C=O) groups is 1. The lowest BCUT2D eigenvalue weighted by Gasteiger charge is -2.27. The molecule has 1 saturated heterocycles. The van der Waals surface area contributed by atoms with Crippen LogP contribution in [0, 0.1) is 10.1 Å². The van der Waals surface area contributed by atoms with Crippen LogP contribution < -0.4 is 15.4 Å². The molecule has 8 nitrogen and oxygen atoms in total. The molecule has 8 heteroatoms. The van der Waals surface area contributed by atoms with Crippen molar-refractivity contribution in [2.45, 2.75) is 6.92 Å². The zero-order valence-corrected chi connectivity index (χ0v) is 13.2. The number of benzene rings is 1. The minimum Gasteiger partial charge on any atom is -0.487 e. The van der Waals surface area contributed by atoms with E-state index in [-0.39, 0.29) is 22.9 Å². The molecule has 1 amide bonds. The molecule has 0 unspecified atom stereocenters. The van der Waals surface area contributed by atoms with Crippen molar-refractivity contribution in [2.75, 3.05) is 45.9 Å². The van der Waals surface area contributed by atoms with Crippen molar-refractivity contribution in [1.29, 1.82) is 0 Å². The molecule has 1 aromatic carbocycles. The molecule has 23 heavy (non-hydrogen) atoms. The van der Waals surface area contributed by atoms with Crippen molar-refractivity contribution in [3.63, 3.8) is 0 Å². The molecule has 1 aliphatic heterocycles. The van der Waals surface area contributed by atoms with Crippen LogP contribution in [-0.2, 0) is 0 Å². The number of hydrogen-bond donors (Lipinski definition) is 2. The van der Waals surface area contributed by atoms with Crippen molar-refractivity contribution in [3.8, 4) is 5.75 Å². The van der Waals surface area contributed by atoms with Crippen LogP contribution >= 0.6 is 0 Å². The van der Waals surface area contributed by atoms with E-state index in [2.05, 4.69) is 15.5 Å². The summed E-state index contributed by atoms with van der Waals surface area (Å²) >= 11 is 0. The molecule has 0 bridgehead atoms. The van der Waals surface area contributed by atoms with Crippen LogP contribution in [-0.4, -0.2) is 61.6 Å². The lowest BCUT2D eigenvalue weighted by Crippen LogP contribution is -2.46. The average Bonchev–Trinajstić information content (AvgIpc) is 2.56. The fourth-order valence-electron chi connectivity index (χ4n) is 2.44. The van der Waals surface area contributed by atoms with E-state index < -0.39 is 4.92 Å². The predicted octanol–water partition coefficient (Wildman–Crippen LogP) is 0.629. The SMILES string of the molecule is CCOc1ccc(C(=O)NCCN2CCNCC2)cc1[N+](=O)[O-]. The monoisotopic (exact) mass is 322 g/mol. The largest absolute Gasteiger partial charge is 0.487 e. The Balaban J connectivity index is 1.93. The number of nitrogens with zero attached hydrogens (tertiary/aromatic N) is 2. The fourth-order valence-corrected chi connectivity index (χ4v) is 2.44. The van der Waals surface area contributed by atoms with E-state index in [1.807, 2.05) is 0 Å². The second-order valence-electron chi connectivity index (χ2n) is 5.22. The van der Waals surface area contributed by atoms with Crippen LogP contribution in [0.2, 0.25) is 0 Å². The number of ether oxygens (including phenoxy) is 1. The molecule has 2 N–H and O–H groups in total. The lowest BCUT2D eigenvalue weighted by atomic mass is 10.1. The number of nitro benzene ring substituents is 1. The van der Waals surface area contributed by atoms with Crippen molar-refractivity contribution in [3.05, 3.63) is 33.9 Å². The average molecular weight is 322 g/mol. The summed E-state index contributed by atoms with van der Waals surface area (Å²) in [4.78, 5) is 24.9. The standard InChI is InChI=1S/C15H22N4O4/c1-2-23-14-4-3-12(11-13(14)19(21)22)15(20)17-7-10-18-8-5-16-6-9-18/h3-4,11,16H,2,5-10H2,1H3,(H,17,20). The summed E-state index contributed by atoms with van der Waals surface area (Å²) in [6.45, 7) is 7.21. The Kier molecular flexibility index (Phi) is 6.30. The summed E-state index contributed by atoms with van der Waals surface area (Å²) < 4.78 is 5.21. The van der Waals surface area contributed by atoms with E-state index in [4.69, 9.17) is 4.74 Å². The second kappa shape index (κ2) is 8.44. The molecule has 1 heterocycles. The van der Waals surface area contributed by atoms with Crippen LogP contribution in [0.5, 0.6) is 5.75 Å². The molecule has 1 fully saturated rings. The lowest BCUT2D eigenvalue weighted by molar-refractivity contribution is -0.385. The quantitative estimate of drug-likeness (QED) is 0.564. The molecule has 0 spiro atoms. The van der Waals surface area contributed by atoms with Crippen molar-refractivity contribution >= 4 is 11.6 Å². The maximum Gasteiger partial charge on any atom is 0.311 e. The van der Waals surface area contributed by atoms with Gasteiger partial charge in [-0.2, -0.15) is 0 Å². The fraction of sp³-hybridized carbons (Fsp3) is 0.533. The molecule has 0 aromatic heterocycles. The number of piperazine rings is 1. The first-order chi connectivity index (χ1) is 11.1. The normalized spacial score (nSPS) is 15.2. The minimum absolute atomic E-state index is 0.176. The Hall–Kier alpha value is -2.19. The first kappa shape index (κ1) is 17.2. The van der Waals surface area contributed by atoms with Gasteiger partial charge >= 0.3 is 5.69 Å². The summed E-state index contributed by atoms with van der Waals surface area (Å²) in [5.41, 5.74) is 0.0714. The Labute approximate surface area is 134 Å². The highest BCUT2D eigenvalue weighted by Crippen LogP contribution is 2.27. The Morgan fingerprint density at radius 2 is 2.17 bits per heavy atom. The van der Waals surface area contributed by atoms with E-state index in [0.717, 1.165) is 32.7 Å². The number of nitrogens with one attached hydrogen (secondary N) is 2. The number of amides is 1. The third-order valence-corrected chi connectivity index (χ3v) is 3.64. The van der Waals surface area contributed by atoms with E-state index in [9.17, 15) is 14.9 Å². The van der Waals surface area contributed by atoms with Gasteiger partial charge in [0.1, 0.15) is 0 Å². The van der Waals surface area contributed by atoms with E-state index in [1.165, 1.54) is 18.2 Å². The zero-order chi connectivity index (χ0) is 16.7. The van der Waals surface area contributed by atoms with Gasteiger partial charge in [-0.1, -0.05) is 0 Å². The Morgan fingerprint density at radius 3 is 2.83 bits per heavy atom. The van der Waals surface area contributed by atoms with Crippen LogP contribution in [0.25, 0.3) is 0 Å². The Morgan fingerprint density at radius 1 is 1.43 bits per heavy atom. The maximum atomic E-state index is 12.1. The van der Waals surface area contributed by atoms with Crippen LogP contribution in [0.1, 0.15) is 17.3 Å².